The van der Waals surface area contributed by atoms with Crippen LogP contribution in [0.2, 0.25) is 0 Å². The van der Waals surface area contributed by atoms with E-state index in [2.05, 4.69) is 9.97 Å². The van der Waals surface area contributed by atoms with Crippen LogP contribution in [-0.4, -0.2) is 31.9 Å². The van der Waals surface area contributed by atoms with Crippen LogP contribution < -0.4 is 0 Å². The molecule has 7 heteroatoms. The van der Waals surface area contributed by atoms with Gasteiger partial charge >= 0.3 is 0 Å². The highest BCUT2D eigenvalue weighted by Crippen LogP contribution is 2.32. The third-order valence-electron chi connectivity index (χ3n) is 4.67. The lowest BCUT2D eigenvalue weighted by atomic mass is 10.1. The van der Waals surface area contributed by atoms with Gasteiger partial charge < -0.3 is 13.9 Å². The minimum atomic E-state index is -0.263. The number of imidazole rings is 1. The molecule has 2 aromatic heterocycles. The van der Waals surface area contributed by atoms with Crippen LogP contribution in [0.3, 0.4) is 0 Å². The average molecular weight is 354 g/mol. The Morgan fingerprint density at radius 2 is 2.12 bits per heavy atom. The Hall–Kier alpha value is -2.96. The molecule has 0 bridgehead atoms. The first-order valence-electron chi connectivity index (χ1n) is 8.59. The van der Waals surface area contributed by atoms with Gasteiger partial charge in [-0.2, -0.15) is 0 Å². The van der Waals surface area contributed by atoms with Gasteiger partial charge in [0.1, 0.15) is 17.6 Å². The first-order chi connectivity index (χ1) is 12.6. The summed E-state index contributed by atoms with van der Waals surface area (Å²) < 4.78 is 20.6. The second-order valence-corrected chi connectivity index (χ2v) is 6.49. The zero-order valence-electron chi connectivity index (χ0n) is 14.4. The fraction of sp³-hybridized carbons (Fsp3) is 0.316. The van der Waals surface area contributed by atoms with E-state index >= 15 is 0 Å². The highest BCUT2D eigenvalue weighted by atomic mass is 19.1. The molecule has 0 saturated carbocycles. The first kappa shape index (κ1) is 16.5. The topological polar surface area (TPSA) is 64.2 Å². The van der Waals surface area contributed by atoms with E-state index in [1.807, 2.05) is 0 Å². The maximum atomic E-state index is 13.0. The molecule has 4 rings (SSSR count). The van der Waals surface area contributed by atoms with Gasteiger partial charge in [0.05, 0.1) is 6.20 Å². The van der Waals surface area contributed by atoms with Crippen LogP contribution in [0.15, 0.2) is 47.3 Å². The molecule has 1 saturated heterocycles. The summed E-state index contributed by atoms with van der Waals surface area (Å²) >= 11 is 0. The van der Waals surface area contributed by atoms with Crippen LogP contribution >= 0.6 is 0 Å². The minimum Gasteiger partial charge on any atom is -0.443 e. The van der Waals surface area contributed by atoms with Gasteiger partial charge in [0.25, 0.3) is 5.91 Å². The molecule has 0 N–H and O–H groups in total. The van der Waals surface area contributed by atoms with Gasteiger partial charge in [-0.25, -0.2) is 14.4 Å². The molecule has 0 unspecified atom stereocenters. The van der Waals surface area contributed by atoms with Gasteiger partial charge in [0.2, 0.25) is 5.89 Å². The van der Waals surface area contributed by atoms with E-state index in [1.165, 1.54) is 12.1 Å². The fourth-order valence-corrected chi connectivity index (χ4v) is 3.33. The molecule has 3 aromatic rings. The number of likely N-dealkylation sites (tertiary alicyclic amines) is 1. The van der Waals surface area contributed by atoms with Gasteiger partial charge in [0.15, 0.2) is 5.82 Å². The van der Waals surface area contributed by atoms with Crippen molar-refractivity contribution in [3.63, 3.8) is 0 Å². The number of aromatic nitrogens is 3. The van der Waals surface area contributed by atoms with Gasteiger partial charge in [-0.15, -0.1) is 0 Å². The molecule has 0 aliphatic carbocycles. The van der Waals surface area contributed by atoms with E-state index in [1.54, 1.807) is 47.2 Å². The molecule has 1 amide bonds. The predicted octanol–water partition coefficient (Wildman–Crippen LogP) is 3.12. The maximum Gasteiger partial charge on any atom is 0.290 e. The van der Waals surface area contributed by atoms with Crippen LogP contribution in [0.25, 0.3) is 0 Å². The number of halogens is 1. The van der Waals surface area contributed by atoms with Crippen molar-refractivity contribution in [2.24, 2.45) is 7.05 Å². The second kappa shape index (κ2) is 6.74. The largest absolute Gasteiger partial charge is 0.443 e. The zero-order chi connectivity index (χ0) is 18.1. The number of hydrogen-bond donors (Lipinski definition) is 0. The van der Waals surface area contributed by atoms with Crippen LogP contribution in [0.4, 0.5) is 4.39 Å². The summed E-state index contributed by atoms with van der Waals surface area (Å²) in [5.74, 6) is 1.28. The van der Waals surface area contributed by atoms with Crippen LogP contribution in [-0.2, 0) is 13.5 Å². The number of hydrogen-bond acceptors (Lipinski definition) is 4. The normalized spacial score (nSPS) is 17.0. The highest BCUT2D eigenvalue weighted by Gasteiger charge is 2.35. The lowest BCUT2D eigenvalue weighted by Crippen LogP contribution is -2.32. The Morgan fingerprint density at radius 1 is 1.31 bits per heavy atom. The predicted molar refractivity (Wildman–Crippen MR) is 91.9 cm³/mol. The molecule has 26 heavy (non-hydrogen) atoms. The summed E-state index contributed by atoms with van der Waals surface area (Å²) in [5.41, 5.74) is 0.946. The smallest absolute Gasteiger partial charge is 0.290 e. The van der Waals surface area contributed by atoms with Crippen molar-refractivity contribution < 1.29 is 13.6 Å². The highest BCUT2D eigenvalue weighted by molar-refractivity contribution is 5.91. The van der Waals surface area contributed by atoms with Gasteiger partial charge in [-0.1, -0.05) is 12.1 Å². The van der Waals surface area contributed by atoms with Crippen molar-refractivity contribution in [3.8, 4) is 0 Å². The Labute approximate surface area is 150 Å². The number of carbonyl (C=O) groups is 1. The average Bonchev–Trinajstić information content (AvgIpc) is 3.36. The Bertz CT molecular complexity index is 916. The summed E-state index contributed by atoms with van der Waals surface area (Å²) in [4.78, 5) is 23.1. The minimum absolute atomic E-state index is 0.113. The van der Waals surface area contributed by atoms with Crippen molar-refractivity contribution in [2.45, 2.75) is 25.3 Å². The molecule has 6 nitrogen and oxygen atoms in total. The number of rotatable bonds is 4. The van der Waals surface area contributed by atoms with Crippen molar-refractivity contribution in [1.82, 2.24) is 19.4 Å². The second-order valence-electron chi connectivity index (χ2n) is 6.49. The first-order valence-corrected chi connectivity index (χ1v) is 8.59. The molecule has 1 aliphatic rings. The molecule has 134 valence electrons. The number of aryl methyl sites for hydroxylation is 1. The van der Waals surface area contributed by atoms with E-state index in [0.717, 1.165) is 18.4 Å². The Morgan fingerprint density at radius 3 is 2.85 bits per heavy atom. The Balaban J connectivity index is 1.52. The summed E-state index contributed by atoms with van der Waals surface area (Å²) in [6.45, 7) is 0.659. The molecule has 1 fully saturated rings. The van der Waals surface area contributed by atoms with E-state index in [4.69, 9.17) is 4.42 Å². The quantitative estimate of drug-likeness (QED) is 0.722. The van der Waals surface area contributed by atoms with Crippen molar-refractivity contribution in [3.05, 3.63) is 71.7 Å². The molecule has 1 aromatic carbocycles. The molecule has 3 heterocycles. The van der Waals surface area contributed by atoms with Crippen molar-refractivity contribution >= 4 is 5.91 Å². The fourth-order valence-electron chi connectivity index (χ4n) is 3.33. The van der Waals surface area contributed by atoms with Gasteiger partial charge in [0, 0.05) is 32.4 Å². The van der Waals surface area contributed by atoms with Crippen LogP contribution in [0.1, 0.15) is 46.7 Å². The molecule has 1 aliphatic heterocycles. The van der Waals surface area contributed by atoms with Crippen LogP contribution in [0.5, 0.6) is 0 Å². The van der Waals surface area contributed by atoms with Crippen molar-refractivity contribution in [2.75, 3.05) is 6.54 Å². The third kappa shape index (κ3) is 3.12. The molecule has 1 atom stereocenters. The van der Waals surface area contributed by atoms with E-state index in [9.17, 15) is 9.18 Å². The molecular formula is C19H19FN4O2. The lowest BCUT2D eigenvalue weighted by Gasteiger charge is -2.21. The van der Waals surface area contributed by atoms with Crippen molar-refractivity contribution in [1.29, 1.82) is 0 Å². The Kier molecular flexibility index (Phi) is 4.28. The SMILES string of the molecule is Cn1ccnc1C(=O)N1CCC[C@@H]1c1ncc(Cc2ccc(F)cc2)o1. The van der Waals surface area contributed by atoms with E-state index < -0.39 is 0 Å². The molecule has 0 radical (unpaired) electrons. The number of carbonyl (C=O) groups excluding carboxylic acids is 1. The third-order valence-corrected chi connectivity index (χ3v) is 4.67. The van der Waals surface area contributed by atoms with Gasteiger partial charge in [-0.05, 0) is 30.5 Å². The molecule has 0 spiro atoms. The zero-order valence-corrected chi connectivity index (χ0v) is 14.4. The standard InChI is InChI=1S/C19H19FN4O2/c1-23-10-8-21-17(23)19(25)24-9-2-3-16(24)18-22-12-15(26-18)11-13-4-6-14(20)7-5-13/h4-8,10,12,16H,2-3,9,11H2,1H3/t16-/m1/s1. The van der Waals surface area contributed by atoms with E-state index in [-0.39, 0.29) is 17.8 Å². The number of benzene rings is 1. The summed E-state index contributed by atoms with van der Waals surface area (Å²) in [5, 5.41) is 0. The number of amides is 1. The van der Waals surface area contributed by atoms with Gasteiger partial charge in [-0.3, -0.25) is 4.79 Å². The van der Waals surface area contributed by atoms with E-state index in [0.29, 0.717) is 30.4 Å². The number of oxazole rings is 1. The lowest BCUT2D eigenvalue weighted by molar-refractivity contribution is 0.0698. The molecular weight excluding hydrogens is 335 g/mol. The summed E-state index contributed by atoms with van der Waals surface area (Å²) in [6.07, 6.45) is 7.30. The maximum absolute atomic E-state index is 13.0. The number of nitrogens with zero attached hydrogens (tertiary/aromatic N) is 4. The monoisotopic (exact) mass is 354 g/mol. The summed E-state index contributed by atoms with van der Waals surface area (Å²) in [7, 11) is 1.80. The van der Waals surface area contributed by atoms with Crippen LogP contribution in [0, 0.1) is 5.82 Å². The summed E-state index contributed by atoms with van der Waals surface area (Å²) in [6, 6.07) is 6.13.